The zero-order valence-electron chi connectivity index (χ0n) is 14.4. The van der Waals surface area contributed by atoms with E-state index in [9.17, 15) is 5.11 Å². The molecule has 0 aliphatic carbocycles. The van der Waals surface area contributed by atoms with Gasteiger partial charge in [-0.1, -0.05) is 17.7 Å². The molecule has 0 saturated heterocycles. The lowest BCUT2D eigenvalue weighted by Crippen LogP contribution is -2.49. The number of benzene rings is 1. The van der Waals surface area contributed by atoms with Crippen LogP contribution in [0.15, 0.2) is 29.3 Å². The molecular formula is C17H27NO5. The molecule has 0 radical (unpaired) electrons. The van der Waals surface area contributed by atoms with Gasteiger partial charge in [0.25, 0.3) is 0 Å². The fourth-order valence-electron chi connectivity index (χ4n) is 2.30. The van der Waals surface area contributed by atoms with Crippen LogP contribution < -0.4 is 0 Å². The molecule has 6 heteroatoms. The molecule has 1 aromatic carbocycles. The highest BCUT2D eigenvalue weighted by Crippen LogP contribution is 2.16. The van der Waals surface area contributed by atoms with Crippen molar-refractivity contribution in [2.24, 2.45) is 4.99 Å². The maximum atomic E-state index is 10.1. The van der Waals surface area contributed by atoms with Gasteiger partial charge >= 0.3 is 0 Å². The predicted octanol–water partition coefficient (Wildman–Crippen LogP) is 1.75. The SMILES string of the molecule is COC[C@@H](O)[C@@H](OC)[C@@H](OC)[C@@H](C=Nc1ccc(C)cc1)OC. The lowest BCUT2D eigenvalue weighted by molar-refractivity contribution is -0.137. The summed E-state index contributed by atoms with van der Waals surface area (Å²) < 4.78 is 21.3. The van der Waals surface area contributed by atoms with E-state index in [4.69, 9.17) is 18.9 Å². The normalized spacial score (nSPS) is 17.1. The van der Waals surface area contributed by atoms with Crippen LogP contribution in [0.5, 0.6) is 0 Å². The van der Waals surface area contributed by atoms with Crippen LogP contribution in [-0.2, 0) is 18.9 Å². The lowest BCUT2D eigenvalue weighted by Gasteiger charge is -2.31. The van der Waals surface area contributed by atoms with Crippen LogP contribution in [-0.4, -0.2) is 70.8 Å². The molecule has 0 aliphatic rings. The van der Waals surface area contributed by atoms with Crippen molar-refractivity contribution in [2.75, 3.05) is 35.0 Å². The van der Waals surface area contributed by atoms with Crippen molar-refractivity contribution in [2.45, 2.75) is 31.3 Å². The van der Waals surface area contributed by atoms with Gasteiger partial charge in [-0.3, -0.25) is 4.99 Å². The highest BCUT2D eigenvalue weighted by molar-refractivity contribution is 5.68. The van der Waals surface area contributed by atoms with E-state index in [1.165, 1.54) is 19.8 Å². The van der Waals surface area contributed by atoms with Crippen molar-refractivity contribution in [3.05, 3.63) is 29.8 Å². The van der Waals surface area contributed by atoms with Crippen molar-refractivity contribution in [1.29, 1.82) is 0 Å². The van der Waals surface area contributed by atoms with Gasteiger partial charge in [0.15, 0.2) is 0 Å². The van der Waals surface area contributed by atoms with Crippen LogP contribution in [0.2, 0.25) is 0 Å². The van der Waals surface area contributed by atoms with E-state index in [0.29, 0.717) is 0 Å². The second-order valence-electron chi connectivity index (χ2n) is 5.24. The van der Waals surface area contributed by atoms with E-state index in [0.717, 1.165) is 5.69 Å². The molecule has 1 rings (SSSR count). The molecule has 4 atom stereocenters. The van der Waals surface area contributed by atoms with Crippen LogP contribution in [0.4, 0.5) is 5.69 Å². The molecule has 0 aliphatic heterocycles. The van der Waals surface area contributed by atoms with Crippen molar-refractivity contribution in [3.63, 3.8) is 0 Å². The van der Waals surface area contributed by atoms with Crippen molar-refractivity contribution in [1.82, 2.24) is 0 Å². The fraction of sp³-hybridized carbons (Fsp3) is 0.588. The number of hydrogen-bond donors (Lipinski definition) is 1. The lowest BCUT2D eigenvalue weighted by atomic mass is 10.0. The Morgan fingerprint density at radius 1 is 1.00 bits per heavy atom. The van der Waals surface area contributed by atoms with Crippen LogP contribution in [0.3, 0.4) is 0 Å². The van der Waals surface area contributed by atoms with E-state index in [-0.39, 0.29) is 6.61 Å². The van der Waals surface area contributed by atoms with Gasteiger partial charge in [-0.25, -0.2) is 0 Å². The minimum Gasteiger partial charge on any atom is -0.388 e. The summed E-state index contributed by atoms with van der Waals surface area (Å²) in [5, 5.41) is 10.1. The van der Waals surface area contributed by atoms with Crippen LogP contribution >= 0.6 is 0 Å². The molecule has 0 heterocycles. The second kappa shape index (κ2) is 10.5. The summed E-state index contributed by atoms with van der Waals surface area (Å²) in [4.78, 5) is 4.41. The summed E-state index contributed by atoms with van der Waals surface area (Å²) in [5.41, 5.74) is 1.99. The molecule has 0 amide bonds. The maximum absolute atomic E-state index is 10.1. The number of aryl methyl sites for hydroxylation is 1. The third-order valence-electron chi connectivity index (χ3n) is 3.59. The van der Waals surface area contributed by atoms with Gasteiger partial charge in [0, 0.05) is 34.7 Å². The molecule has 130 valence electrons. The number of aliphatic imine (C=N–C) groups is 1. The molecule has 1 aromatic rings. The Hall–Kier alpha value is -1.31. The van der Waals surface area contributed by atoms with Gasteiger partial charge in [0.1, 0.15) is 24.4 Å². The first kappa shape index (κ1) is 19.7. The molecule has 23 heavy (non-hydrogen) atoms. The number of aliphatic hydroxyl groups is 1. The number of aliphatic hydroxyl groups excluding tert-OH is 1. The Morgan fingerprint density at radius 2 is 1.61 bits per heavy atom. The molecule has 6 nitrogen and oxygen atoms in total. The van der Waals surface area contributed by atoms with Gasteiger partial charge in [-0.05, 0) is 19.1 Å². The third kappa shape index (κ3) is 6.01. The Kier molecular flexibility index (Phi) is 8.98. The molecule has 0 fully saturated rings. The van der Waals surface area contributed by atoms with E-state index >= 15 is 0 Å². The minimum absolute atomic E-state index is 0.143. The number of ether oxygens (including phenoxy) is 4. The van der Waals surface area contributed by atoms with Gasteiger partial charge < -0.3 is 24.1 Å². The van der Waals surface area contributed by atoms with E-state index in [1.807, 2.05) is 31.2 Å². The predicted molar refractivity (Wildman–Crippen MR) is 89.6 cm³/mol. The Labute approximate surface area is 138 Å². The van der Waals surface area contributed by atoms with Crippen molar-refractivity contribution in [3.8, 4) is 0 Å². The first-order valence-corrected chi connectivity index (χ1v) is 7.43. The first-order valence-electron chi connectivity index (χ1n) is 7.43. The molecule has 0 bridgehead atoms. The van der Waals surface area contributed by atoms with E-state index in [2.05, 4.69) is 4.99 Å². The monoisotopic (exact) mass is 325 g/mol. The topological polar surface area (TPSA) is 69.5 Å². The highest BCUT2D eigenvalue weighted by atomic mass is 16.6. The van der Waals surface area contributed by atoms with Crippen molar-refractivity contribution < 1.29 is 24.1 Å². The quantitative estimate of drug-likeness (QED) is 0.664. The van der Waals surface area contributed by atoms with E-state index < -0.39 is 24.4 Å². The summed E-state index contributed by atoms with van der Waals surface area (Å²) in [5.74, 6) is 0. The van der Waals surface area contributed by atoms with Gasteiger partial charge in [0.05, 0.1) is 12.3 Å². The van der Waals surface area contributed by atoms with E-state index in [1.54, 1.807) is 20.4 Å². The minimum atomic E-state index is -0.833. The summed E-state index contributed by atoms with van der Waals surface area (Å²) >= 11 is 0. The van der Waals surface area contributed by atoms with Crippen LogP contribution in [0.25, 0.3) is 0 Å². The number of hydrogen-bond acceptors (Lipinski definition) is 6. The number of methoxy groups -OCH3 is 4. The Morgan fingerprint density at radius 3 is 2.09 bits per heavy atom. The molecular weight excluding hydrogens is 298 g/mol. The molecule has 0 unspecified atom stereocenters. The Balaban J connectivity index is 2.87. The zero-order valence-corrected chi connectivity index (χ0v) is 14.4. The molecule has 0 spiro atoms. The van der Waals surface area contributed by atoms with Gasteiger partial charge in [0.2, 0.25) is 0 Å². The van der Waals surface area contributed by atoms with Gasteiger partial charge in [-0.15, -0.1) is 0 Å². The van der Waals surface area contributed by atoms with Crippen molar-refractivity contribution >= 4 is 11.9 Å². The number of nitrogens with zero attached hydrogens (tertiary/aromatic N) is 1. The molecule has 0 saturated carbocycles. The summed E-state index contributed by atoms with van der Waals surface area (Å²) in [7, 11) is 6.14. The Bertz CT molecular complexity index is 463. The maximum Gasteiger partial charge on any atom is 0.121 e. The smallest absolute Gasteiger partial charge is 0.121 e. The van der Waals surface area contributed by atoms with Crippen LogP contribution in [0, 0.1) is 6.92 Å². The first-order chi connectivity index (χ1) is 11.1. The average molecular weight is 325 g/mol. The summed E-state index contributed by atoms with van der Waals surface area (Å²) in [6.45, 7) is 2.16. The zero-order chi connectivity index (χ0) is 17.2. The largest absolute Gasteiger partial charge is 0.388 e. The summed E-state index contributed by atoms with van der Waals surface area (Å²) in [6.07, 6.45) is -0.776. The third-order valence-corrected chi connectivity index (χ3v) is 3.59. The summed E-state index contributed by atoms with van der Waals surface area (Å²) in [6, 6.07) is 7.83. The molecule has 0 aromatic heterocycles. The number of rotatable bonds is 10. The second-order valence-corrected chi connectivity index (χ2v) is 5.24. The van der Waals surface area contributed by atoms with Gasteiger partial charge in [-0.2, -0.15) is 0 Å². The fourth-order valence-corrected chi connectivity index (χ4v) is 2.30. The highest BCUT2D eigenvalue weighted by Gasteiger charge is 2.34. The average Bonchev–Trinajstić information content (AvgIpc) is 2.56. The molecule has 1 N–H and O–H groups in total. The standard InChI is InChI=1S/C17H27NO5/c1-12-6-8-13(9-7-12)18-10-15(21-3)17(23-5)16(22-4)14(19)11-20-2/h6-10,14-17,19H,11H2,1-5H3/t14-,15-,16-,17+/m1/s1. The van der Waals surface area contributed by atoms with Crippen LogP contribution in [0.1, 0.15) is 5.56 Å².